The molecule has 140 valence electrons. The van der Waals surface area contributed by atoms with Crippen molar-refractivity contribution in [2.24, 2.45) is 0 Å². The second kappa shape index (κ2) is 7.45. The summed E-state index contributed by atoms with van der Waals surface area (Å²) < 4.78 is 41.7. The number of para-hydroxylation sites is 1. The summed E-state index contributed by atoms with van der Waals surface area (Å²) in [6.07, 6.45) is 0. The standard InChI is InChI=1S/C19H22FNO4S/c1-11(2)14-6-5-7-15(12(3)4)18(14)21-26(24,25)13-8-9-17(20)16(10-13)19(22)23/h5-12,21H,1-4H3,(H,22,23)/p-1. The minimum absolute atomic E-state index is 0.0680. The van der Waals surface area contributed by atoms with Gasteiger partial charge in [0.05, 0.1) is 16.6 Å². The molecule has 0 unspecified atom stereocenters. The van der Waals surface area contributed by atoms with Crippen molar-refractivity contribution >= 4 is 21.7 Å². The Labute approximate surface area is 152 Å². The van der Waals surface area contributed by atoms with Crippen LogP contribution in [0.15, 0.2) is 41.3 Å². The first-order valence-corrected chi connectivity index (χ1v) is 9.69. The minimum atomic E-state index is -4.11. The smallest absolute Gasteiger partial charge is 0.261 e. The molecule has 0 atom stereocenters. The summed E-state index contributed by atoms with van der Waals surface area (Å²) in [5.41, 5.74) is 1.31. The third kappa shape index (κ3) is 4.04. The molecule has 0 aromatic heterocycles. The molecule has 0 radical (unpaired) electrons. The number of carbonyl (C=O) groups is 1. The Morgan fingerprint density at radius 2 is 1.58 bits per heavy atom. The fraction of sp³-hybridized carbons (Fsp3) is 0.316. The second-order valence-corrected chi connectivity index (χ2v) is 8.34. The molecule has 0 aliphatic carbocycles. The number of benzene rings is 2. The van der Waals surface area contributed by atoms with Crippen LogP contribution >= 0.6 is 0 Å². The molecule has 0 bridgehead atoms. The Morgan fingerprint density at radius 3 is 2.04 bits per heavy atom. The molecule has 0 saturated carbocycles. The zero-order chi connectivity index (χ0) is 19.6. The van der Waals surface area contributed by atoms with Crippen molar-refractivity contribution in [3.63, 3.8) is 0 Å². The van der Waals surface area contributed by atoms with Crippen LogP contribution in [-0.4, -0.2) is 14.4 Å². The van der Waals surface area contributed by atoms with E-state index in [0.29, 0.717) is 5.69 Å². The van der Waals surface area contributed by atoms with Gasteiger partial charge in [-0.3, -0.25) is 4.72 Å². The Hall–Kier alpha value is -2.41. The zero-order valence-corrected chi connectivity index (χ0v) is 15.9. The van der Waals surface area contributed by atoms with Crippen LogP contribution < -0.4 is 9.83 Å². The molecule has 2 rings (SSSR count). The van der Waals surface area contributed by atoms with Crippen LogP contribution in [0.1, 0.15) is 61.0 Å². The summed E-state index contributed by atoms with van der Waals surface area (Å²) in [6, 6.07) is 8.14. The molecule has 5 nitrogen and oxygen atoms in total. The number of halogens is 1. The van der Waals surface area contributed by atoms with E-state index in [1.807, 2.05) is 45.9 Å². The Kier molecular flexibility index (Phi) is 5.71. The SMILES string of the molecule is CC(C)c1cccc(C(C)C)c1NS(=O)(=O)c1ccc(F)c(C(=O)[O-])c1. The summed E-state index contributed by atoms with van der Waals surface area (Å²) in [6.45, 7) is 7.79. The molecule has 0 amide bonds. The van der Waals surface area contributed by atoms with Crippen LogP contribution in [0.2, 0.25) is 0 Å². The number of carboxylic acids is 1. The van der Waals surface area contributed by atoms with Crippen molar-refractivity contribution in [2.75, 3.05) is 4.72 Å². The lowest BCUT2D eigenvalue weighted by molar-refractivity contribution is -0.255. The van der Waals surface area contributed by atoms with E-state index >= 15 is 0 Å². The predicted octanol–water partition coefficient (Wildman–Crippen LogP) is 3.24. The van der Waals surface area contributed by atoms with Crippen LogP contribution in [0.3, 0.4) is 0 Å². The number of nitrogens with one attached hydrogen (secondary N) is 1. The summed E-state index contributed by atoms with van der Waals surface area (Å²) in [5, 5.41) is 11.0. The monoisotopic (exact) mass is 378 g/mol. The summed E-state index contributed by atoms with van der Waals surface area (Å²) in [5.74, 6) is -2.68. The number of carboxylic acid groups (broad SMARTS) is 1. The first kappa shape index (κ1) is 19.9. The lowest BCUT2D eigenvalue weighted by Crippen LogP contribution is -2.24. The highest BCUT2D eigenvalue weighted by Gasteiger charge is 2.22. The van der Waals surface area contributed by atoms with Crippen molar-refractivity contribution in [1.82, 2.24) is 0 Å². The molecule has 2 aromatic carbocycles. The van der Waals surface area contributed by atoms with Crippen molar-refractivity contribution in [3.8, 4) is 0 Å². The summed E-state index contributed by atoms with van der Waals surface area (Å²) in [4.78, 5) is 10.6. The molecular formula is C19H21FNO4S-. The summed E-state index contributed by atoms with van der Waals surface area (Å²) >= 11 is 0. The highest BCUT2D eigenvalue weighted by atomic mass is 32.2. The van der Waals surface area contributed by atoms with E-state index in [9.17, 15) is 22.7 Å². The number of anilines is 1. The highest BCUT2D eigenvalue weighted by molar-refractivity contribution is 7.92. The highest BCUT2D eigenvalue weighted by Crippen LogP contribution is 2.34. The second-order valence-electron chi connectivity index (χ2n) is 6.66. The lowest BCUT2D eigenvalue weighted by Gasteiger charge is -2.21. The number of carbonyl (C=O) groups excluding carboxylic acids is 1. The van der Waals surface area contributed by atoms with Gasteiger partial charge >= 0.3 is 0 Å². The third-order valence-corrected chi connectivity index (χ3v) is 5.42. The number of rotatable bonds is 6. The van der Waals surface area contributed by atoms with E-state index in [1.54, 1.807) is 0 Å². The van der Waals surface area contributed by atoms with Crippen LogP contribution in [0.5, 0.6) is 0 Å². The third-order valence-electron chi connectivity index (χ3n) is 4.08. The lowest BCUT2D eigenvalue weighted by atomic mass is 9.93. The van der Waals surface area contributed by atoms with Crippen LogP contribution in [0.4, 0.5) is 10.1 Å². The number of sulfonamides is 1. The molecule has 0 saturated heterocycles. The predicted molar refractivity (Wildman–Crippen MR) is 96.2 cm³/mol. The van der Waals surface area contributed by atoms with E-state index in [2.05, 4.69) is 4.72 Å². The molecular weight excluding hydrogens is 357 g/mol. The normalized spacial score (nSPS) is 11.8. The molecule has 1 N–H and O–H groups in total. The molecule has 0 aliphatic rings. The first-order valence-electron chi connectivity index (χ1n) is 8.21. The Balaban J connectivity index is 2.57. The Morgan fingerprint density at radius 1 is 1.04 bits per heavy atom. The molecule has 0 aliphatic heterocycles. The van der Waals surface area contributed by atoms with Crippen molar-refractivity contribution in [3.05, 3.63) is 58.9 Å². The molecule has 0 spiro atoms. The van der Waals surface area contributed by atoms with Gasteiger partial charge < -0.3 is 9.90 Å². The van der Waals surface area contributed by atoms with Gasteiger partial charge in [-0.1, -0.05) is 45.9 Å². The maximum Gasteiger partial charge on any atom is 0.261 e. The summed E-state index contributed by atoms with van der Waals surface area (Å²) in [7, 11) is -4.11. The number of hydrogen-bond donors (Lipinski definition) is 1. The van der Waals surface area contributed by atoms with Crippen LogP contribution in [-0.2, 0) is 10.0 Å². The van der Waals surface area contributed by atoms with Crippen molar-refractivity contribution in [2.45, 2.75) is 44.4 Å². The molecule has 2 aromatic rings. The van der Waals surface area contributed by atoms with Crippen LogP contribution in [0, 0.1) is 5.82 Å². The van der Waals surface area contributed by atoms with E-state index in [1.165, 1.54) is 0 Å². The number of hydrogen-bond acceptors (Lipinski definition) is 4. The van der Waals surface area contributed by atoms with Crippen molar-refractivity contribution in [1.29, 1.82) is 0 Å². The fourth-order valence-electron chi connectivity index (χ4n) is 2.69. The van der Waals surface area contributed by atoms with Gasteiger partial charge in [-0.25, -0.2) is 12.8 Å². The molecule has 0 fully saturated rings. The van der Waals surface area contributed by atoms with Gasteiger partial charge in [0.1, 0.15) is 5.82 Å². The van der Waals surface area contributed by atoms with Crippen LogP contribution in [0.25, 0.3) is 0 Å². The average molecular weight is 378 g/mol. The maximum absolute atomic E-state index is 13.5. The maximum atomic E-state index is 13.5. The topological polar surface area (TPSA) is 86.3 Å². The first-order chi connectivity index (χ1) is 12.0. The van der Waals surface area contributed by atoms with Gasteiger partial charge in [-0.2, -0.15) is 0 Å². The fourth-order valence-corrected chi connectivity index (χ4v) is 3.83. The Bertz CT molecular complexity index is 910. The van der Waals surface area contributed by atoms with Crippen molar-refractivity contribution < 1.29 is 22.7 Å². The zero-order valence-electron chi connectivity index (χ0n) is 15.0. The van der Waals surface area contributed by atoms with Gasteiger partial charge in [0.15, 0.2) is 0 Å². The van der Waals surface area contributed by atoms with E-state index in [0.717, 1.165) is 29.3 Å². The molecule has 0 heterocycles. The van der Waals surface area contributed by atoms with Gasteiger partial charge in [0.25, 0.3) is 10.0 Å². The minimum Gasteiger partial charge on any atom is -0.545 e. The van der Waals surface area contributed by atoms with Gasteiger partial charge in [-0.05, 0) is 41.2 Å². The van der Waals surface area contributed by atoms with Gasteiger partial charge in [-0.15, -0.1) is 0 Å². The molecule has 7 heteroatoms. The largest absolute Gasteiger partial charge is 0.545 e. The van der Waals surface area contributed by atoms with E-state index < -0.39 is 27.4 Å². The number of aromatic carboxylic acids is 1. The molecule has 26 heavy (non-hydrogen) atoms. The van der Waals surface area contributed by atoms with E-state index in [4.69, 9.17) is 0 Å². The van der Waals surface area contributed by atoms with Gasteiger partial charge in [0, 0.05) is 5.56 Å². The van der Waals surface area contributed by atoms with Gasteiger partial charge in [0.2, 0.25) is 0 Å². The quantitative estimate of drug-likeness (QED) is 0.836. The van der Waals surface area contributed by atoms with E-state index in [-0.39, 0.29) is 16.7 Å². The average Bonchev–Trinajstić information content (AvgIpc) is 2.54.